The van der Waals surface area contributed by atoms with Gasteiger partial charge >= 0.3 is 0 Å². The molecule has 3 aromatic rings. The Balaban J connectivity index is 0.000000256. The van der Waals surface area contributed by atoms with E-state index in [2.05, 4.69) is 0 Å². The molecule has 0 heterocycles. The molecule has 0 spiro atoms. The fraction of sp³-hybridized carbons (Fsp3) is 0. The molecule has 2 heteroatoms. The van der Waals surface area contributed by atoms with Crippen LogP contribution in [0.1, 0.15) is 10.4 Å². The van der Waals surface area contributed by atoms with Crippen LogP contribution >= 0.6 is 0 Å². The van der Waals surface area contributed by atoms with Crippen LogP contribution in [0, 0.1) is 0 Å². The predicted octanol–water partition coefficient (Wildman–Crippen LogP) is 4.29. The van der Waals surface area contributed by atoms with Gasteiger partial charge in [0.2, 0.25) is 0 Å². The van der Waals surface area contributed by atoms with Crippen LogP contribution in [-0.2, 0) is 17.1 Å². The van der Waals surface area contributed by atoms with Gasteiger partial charge in [-0.15, -0.1) is 23.8 Å². The average Bonchev–Trinajstić information content (AvgIpc) is 3.14. The molecule has 0 aliphatic carbocycles. The van der Waals surface area contributed by atoms with Gasteiger partial charge in [-0.3, -0.25) is 0 Å². The third kappa shape index (κ3) is 4.36. The molecular formula is C17H14FeO-6. The minimum atomic E-state index is 0. The Kier molecular flexibility index (Phi) is 6.59. The van der Waals surface area contributed by atoms with Crippen molar-refractivity contribution in [2.45, 2.75) is 0 Å². The van der Waals surface area contributed by atoms with Crippen molar-refractivity contribution in [2.24, 2.45) is 0 Å². The van der Waals surface area contributed by atoms with Crippen LogP contribution < -0.4 is 0 Å². The first-order valence-electron chi connectivity index (χ1n) is 5.85. The monoisotopic (exact) mass is 290 g/mol. The SMILES string of the molecule is O=Cc1ccccc1-[c-]1cccc1.[Fe].[cH-]1[cH-][cH-][cH-][cH-]1. The molecule has 3 rings (SSSR count). The van der Waals surface area contributed by atoms with Crippen molar-refractivity contribution in [3.63, 3.8) is 0 Å². The summed E-state index contributed by atoms with van der Waals surface area (Å²) in [4.78, 5) is 10.7. The molecule has 0 fully saturated rings. The van der Waals surface area contributed by atoms with Crippen LogP contribution in [-0.4, -0.2) is 6.29 Å². The van der Waals surface area contributed by atoms with Crippen LogP contribution in [0.25, 0.3) is 11.1 Å². The molecule has 0 saturated heterocycles. The normalized spacial score (nSPS) is 8.84. The van der Waals surface area contributed by atoms with Gasteiger partial charge in [0.25, 0.3) is 0 Å². The summed E-state index contributed by atoms with van der Waals surface area (Å²) in [7, 11) is 0. The second-order valence-electron chi connectivity index (χ2n) is 3.84. The second kappa shape index (κ2) is 8.25. The first-order chi connectivity index (χ1) is 8.92. The summed E-state index contributed by atoms with van der Waals surface area (Å²) in [5.74, 6) is 0. The molecule has 0 bridgehead atoms. The van der Waals surface area contributed by atoms with Gasteiger partial charge in [0.1, 0.15) is 6.29 Å². The molecule has 0 atom stereocenters. The summed E-state index contributed by atoms with van der Waals surface area (Å²) < 4.78 is 0. The number of carbonyl (C=O) groups excluding carboxylic acids is 1. The van der Waals surface area contributed by atoms with E-state index >= 15 is 0 Å². The zero-order valence-corrected chi connectivity index (χ0v) is 11.4. The number of aldehydes is 1. The topological polar surface area (TPSA) is 17.1 Å². The van der Waals surface area contributed by atoms with Crippen molar-refractivity contribution >= 4 is 6.29 Å². The van der Waals surface area contributed by atoms with E-state index in [4.69, 9.17) is 0 Å². The van der Waals surface area contributed by atoms with Gasteiger partial charge in [0, 0.05) is 17.1 Å². The quantitative estimate of drug-likeness (QED) is 0.391. The Bertz CT molecular complexity index is 548. The Morgan fingerprint density at radius 2 is 1.37 bits per heavy atom. The smallest absolute Gasteiger partial charge is 0.117 e. The van der Waals surface area contributed by atoms with Crippen molar-refractivity contribution < 1.29 is 21.9 Å². The molecule has 0 aliphatic rings. The van der Waals surface area contributed by atoms with Crippen LogP contribution in [0.15, 0.2) is 78.9 Å². The van der Waals surface area contributed by atoms with Gasteiger partial charge in [0.05, 0.1) is 0 Å². The van der Waals surface area contributed by atoms with E-state index in [0.717, 1.165) is 23.0 Å². The summed E-state index contributed by atoms with van der Waals surface area (Å²) in [6, 6.07) is 25.5. The van der Waals surface area contributed by atoms with E-state index in [9.17, 15) is 4.79 Å². The summed E-state index contributed by atoms with van der Waals surface area (Å²) >= 11 is 0. The minimum absolute atomic E-state index is 0. The van der Waals surface area contributed by atoms with Crippen molar-refractivity contribution in [2.75, 3.05) is 0 Å². The van der Waals surface area contributed by atoms with E-state index in [1.54, 1.807) is 0 Å². The molecule has 0 aliphatic heterocycles. The molecule has 1 nitrogen and oxygen atoms in total. The van der Waals surface area contributed by atoms with Gasteiger partial charge in [-0.25, -0.2) is 0 Å². The first-order valence-corrected chi connectivity index (χ1v) is 5.85. The molecule has 0 amide bonds. The third-order valence-electron chi connectivity index (χ3n) is 2.62. The summed E-state index contributed by atoms with van der Waals surface area (Å²) in [5.41, 5.74) is 2.85. The van der Waals surface area contributed by atoms with Gasteiger partial charge in [0.15, 0.2) is 0 Å². The number of carbonyl (C=O) groups is 1. The first kappa shape index (κ1) is 15.2. The number of rotatable bonds is 2. The largest absolute Gasteiger partial charge is 0.748 e. The van der Waals surface area contributed by atoms with E-state index < -0.39 is 0 Å². The maximum Gasteiger partial charge on any atom is 0.117 e. The van der Waals surface area contributed by atoms with Crippen LogP contribution in [0.3, 0.4) is 0 Å². The summed E-state index contributed by atoms with van der Waals surface area (Å²) in [6.07, 6.45) is 0.891. The Hall–Kier alpha value is -1.89. The van der Waals surface area contributed by atoms with Crippen molar-refractivity contribution in [3.05, 3.63) is 84.4 Å². The zero-order valence-electron chi connectivity index (χ0n) is 10.3. The number of hydrogen-bond donors (Lipinski definition) is 0. The maximum atomic E-state index is 10.7. The van der Waals surface area contributed by atoms with Crippen LogP contribution in [0.2, 0.25) is 0 Å². The number of hydrogen-bond acceptors (Lipinski definition) is 1. The fourth-order valence-electron chi connectivity index (χ4n) is 1.74. The summed E-state index contributed by atoms with van der Waals surface area (Å²) in [5, 5.41) is 0. The number of benzene rings is 1. The maximum absolute atomic E-state index is 10.7. The van der Waals surface area contributed by atoms with Crippen LogP contribution in [0.4, 0.5) is 0 Å². The molecule has 102 valence electrons. The fourth-order valence-corrected chi connectivity index (χ4v) is 1.74. The van der Waals surface area contributed by atoms with E-state index in [1.807, 2.05) is 78.9 Å². The second-order valence-corrected chi connectivity index (χ2v) is 3.84. The van der Waals surface area contributed by atoms with Gasteiger partial charge in [-0.2, -0.15) is 12.1 Å². The molecule has 0 radical (unpaired) electrons. The molecule has 0 N–H and O–H groups in total. The molecular weight excluding hydrogens is 276 g/mol. The standard InChI is InChI=1S/C12H9O.C5H5.Fe/c13-9-11-7-3-4-8-12(11)10-5-1-2-6-10;1-2-4-5-3-1;/h1-9H;1-5H;/q-1;-5;. The van der Waals surface area contributed by atoms with E-state index in [0.29, 0.717) is 0 Å². The zero-order chi connectivity index (χ0) is 12.6. The molecule has 0 aromatic heterocycles. The Labute approximate surface area is 124 Å². The molecule has 19 heavy (non-hydrogen) atoms. The van der Waals surface area contributed by atoms with Crippen LogP contribution in [0.5, 0.6) is 0 Å². The molecule has 3 aromatic carbocycles. The van der Waals surface area contributed by atoms with Gasteiger partial charge in [-0.05, 0) is 5.56 Å². The minimum Gasteiger partial charge on any atom is -0.748 e. The Morgan fingerprint density at radius 1 is 0.842 bits per heavy atom. The molecule has 0 unspecified atom stereocenters. The van der Waals surface area contributed by atoms with E-state index in [1.165, 1.54) is 0 Å². The summed E-state index contributed by atoms with van der Waals surface area (Å²) in [6.45, 7) is 0. The average molecular weight is 290 g/mol. The predicted molar refractivity (Wildman–Crippen MR) is 74.9 cm³/mol. The third-order valence-corrected chi connectivity index (χ3v) is 2.62. The Morgan fingerprint density at radius 3 is 1.89 bits per heavy atom. The molecule has 0 saturated carbocycles. The van der Waals surface area contributed by atoms with Crippen molar-refractivity contribution in [3.8, 4) is 11.1 Å². The van der Waals surface area contributed by atoms with Gasteiger partial charge < -0.3 is 35.1 Å². The van der Waals surface area contributed by atoms with Gasteiger partial charge in [-0.1, -0.05) is 23.8 Å². The van der Waals surface area contributed by atoms with Crippen molar-refractivity contribution in [1.82, 2.24) is 0 Å². The van der Waals surface area contributed by atoms with E-state index in [-0.39, 0.29) is 17.1 Å². The van der Waals surface area contributed by atoms with Crippen molar-refractivity contribution in [1.29, 1.82) is 0 Å².